The summed E-state index contributed by atoms with van der Waals surface area (Å²) in [4.78, 5) is 12.5. The van der Waals surface area contributed by atoms with Gasteiger partial charge in [-0.1, -0.05) is 13.8 Å². The molecule has 1 aromatic carbocycles. The SMILES string of the molecule is CC(C)CC(C)NC(=O)CNSc1ccc(F)cc1. The van der Waals surface area contributed by atoms with Crippen LogP contribution in [0.3, 0.4) is 0 Å². The maximum atomic E-state index is 12.7. The first-order valence-electron chi connectivity index (χ1n) is 6.42. The second-order valence-corrected chi connectivity index (χ2v) is 5.94. The van der Waals surface area contributed by atoms with Crippen molar-refractivity contribution < 1.29 is 9.18 Å². The molecule has 0 saturated carbocycles. The van der Waals surface area contributed by atoms with Crippen molar-refractivity contribution in [2.24, 2.45) is 5.92 Å². The average molecular weight is 284 g/mol. The van der Waals surface area contributed by atoms with Crippen molar-refractivity contribution in [3.8, 4) is 0 Å². The molecule has 0 radical (unpaired) electrons. The Kier molecular flexibility index (Phi) is 6.87. The highest BCUT2D eigenvalue weighted by atomic mass is 32.2. The van der Waals surface area contributed by atoms with Crippen molar-refractivity contribution in [2.75, 3.05) is 6.54 Å². The van der Waals surface area contributed by atoms with Crippen molar-refractivity contribution in [3.05, 3.63) is 30.1 Å². The molecule has 0 spiro atoms. The highest BCUT2D eigenvalue weighted by molar-refractivity contribution is 7.97. The second-order valence-electron chi connectivity index (χ2n) is 4.98. The molecule has 0 aliphatic carbocycles. The third-order valence-electron chi connectivity index (χ3n) is 2.47. The molecule has 106 valence electrons. The number of nitrogens with one attached hydrogen (secondary N) is 2. The molecule has 0 bridgehead atoms. The van der Waals surface area contributed by atoms with Crippen LogP contribution in [0.2, 0.25) is 0 Å². The van der Waals surface area contributed by atoms with Gasteiger partial charge in [-0.15, -0.1) is 0 Å². The summed E-state index contributed by atoms with van der Waals surface area (Å²) < 4.78 is 15.7. The van der Waals surface area contributed by atoms with Gasteiger partial charge >= 0.3 is 0 Å². The molecule has 0 aromatic heterocycles. The summed E-state index contributed by atoms with van der Waals surface area (Å²) in [6.07, 6.45) is 0.969. The van der Waals surface area contributed by atoms with Crippen LogP contribution in [0.1, 0.15) is 27.2 Å². The molecule has 19 heavy (non-hydrogen) atoms. The molecule has 0 heterocycles. The zero-order valence-electron chi connectivity index (χ0n) is 11.6. The van der Waals surface area contributed by atoms with E-state index in [2.05, 4.69) is 23.9 Å². The fourth-order valence-electron chi connectivity index (χ4n) is 1.78. The fourth-order valence-corrected chi connectivity index (χ4v) is 2.42. The summed E-state index contributed by atoms with van der Waals surface area (Å²) in [5.41, 5.74) is 0. The first-order valence-corrected chi connectivity index (χ1v) is 7.23. The molecule has 2 N–H and O–H groups in total. The highest BCUT2D eigenvalue weighted by Gasteiger charge is 2.08. The van der Waals surface area contributed by atoms with Crippen LogP contribution in [-0.4, -0.2) is 18.5 Å². The van der Waals surface area contributed by atoms with Crippen LogP contribution in [0, 0.1) is 11.7 Å². The molecule has 1 amide bonds. The highest BCUT2D eigenvalue weighted by Crippen LogP contribution is 2.14. The smallest absolute Gasteiger partial charge is 0.235 e. The number of carbonyl (C=O) groups excluding carboxylic acids is 1. The van der Waals surface area contributed by atoms with Crippen molar-refractivity contribution in [3.63, 3.8) is 0 Å². The Morgan fingerprint density at radius 1 is 1.26 bits per heavy atom. The van der Waals surface area contributed by atoms with Gasteiger partial charge in [-0.3, -0.25) is 9.52 Å². The van der Waals surface area contributed by atoms with Gasteiger partial charge in [0, 0.05) is 10.9 Å². The van der Waals surface area contributed by atoms with Crippen LogP contribution in [0.25, 0.3) is 0 Å². The number of amides is 1. The van der Waals surface area contributed by atoms with E-state index in [1.165, 1.54) is 24.1 Å². The van der Waals surface area contributed by atoms with Crippen LogP contribution in [0.5, 0.6) is 0 Å². The quantitative estimate of drug-likeness (QED) is 0.756. The number of halogens is 1. The molecule has 0 aliphatic rings. The number of carbonyl (C=O) groups is 1. The molecular weight excluding hydrogens is 263 g/mol. The number of hydrogen-bond acceptors (Lipinski definition) is 3. The van der Waals surface area contributed by atoms with Gasteiger partial charge < -0.3 is 5.32 Å². The van der Waals surface area contributed by atoms with E-state index >= 15 is 0 Å². The molecule has 5 heteroatoms. The van der Waals surface area contributed by atoms with E-state index in [-0.39, 0.29) is 24.3 Å². The van der Waals surface area contributed by atoms with Crippen molar-refractivity contribution in [1.29, 1.82) is 0 Å². The lowest BCUT2D eigenvalue weighted by atomic mass is 10.1. The van der Waals surface area contributed by atoms with E-state index in [1.807, 2.05) is 6.92 Å². The van der Waals surface area contributed by atoms with E-state index < -0.39 is 0 Å². The zero-order chi connectivity index (χ0) is 14.3. The molecule has 1 rings (SSSR count). The van der Waals surface area contributed by atoms with Gasteiger partial charge in [-0.2, -0.15) is 0 Å². The van der Waals surface area contributed by atoms with Crippen LogP contribution >= 0.6 is 11.9 Å². The zero-order valence-corrected chi connectivity index (χ0v) is 12.4. The van der Waals surface area contributed by atoms with E-state index in [9.17, 15) is 9.18 Å². The maximum Gasteiger partial charge on any atom is 0.235 e. The number of benzene rings is 1. The topological polar surface area (TPSA) is 41.1 Å². The van der Waals surface area contributed by atoms with Gasteiger partial charge in [0.2, 0.25) is 5.91 Å². The lowest BCUT2D eigenvalue weighted by Gasteiger charge is -2.15. The van der Waals surface area contributed by atoms with Gasteiger partial charge in [-0.25, -0.2) is 4.39 Å². The van der Waals surface area contributed by atoms with Gasteiger partial charge in [-0.05, 0) is 55.5 Å². The van der Waals surface area contributed by atoms with Crippen LogP contribution in [0.15, 0.2) is 29.2 Å². The summed E-state index contributed by atoms with van der Waals surface area (Å²) in [6.45, 7) is 6.51. The predicted molar refractivity (Wildman–Crippen MR) is 77.3 cm³/mol. The lowest BCUT2D eigenvalue weighted by molar-refractivity contribution is -0.120. The van der Waals surface area contributed by atoms with E-state index in [4.69, 9.17) is 0 Å². The van der Waals surface area contributed by atoms with Gasteiger partial charge in [0.25, 0.3) is 0 Å². The van der Waals surface area contributed by atoms with E-state index in [0.29, 0.717) is 5.92 Å². The molecule has 1 aromatic rings. The standard InChI is InChI=1S/C14H21FN2OS/c1-10(2)8-11(3)17-14(18)9-16-19-13-6-4-12(15)5-7-13/h4-7,10-11,16H,8-9H2,1-3H3,(H,17,18). The average Bonchev–Trinajstić information content (AvgIpc) is 2.30. The van der Waals surface area contributed by atoms with Crippen molar-refractivity contribution in [2.45, 2.75) is 38.1 Å². The number of rotatable bonds is 7. The predicted octanol–water partition coefficient (Wildman–Crippen LogP) is 2.97. The Balaban J connectivity index is 2.21. The lowest BCUT2D eigenvalue weighted by Crippen LogP contribution is -2.38. The van der Waals surface area contributed by atoms with Crippen LogP contribution in [-0.2, 0) is 4.79 Å². The third-order valence-corrected chi connectivity index (χ3v) is 3.27. The summed E-state index contributed by atoms with van der Waals surface area (Å²) in [6, 6.07) is 6.33. The first-order chi connectivity index (χ1) is 8.97. The van der Waals surface area contributed by atoms with Crippen molar-refractivity contribution >= 4 is 17.9 Å². The van der Waals surface area contributed by atoms with E-state index in [1.54, 1.807) is 12.1 Å². The Morgan fingerprint density at radius 2 is 1.89 bits per heavy atom. The summed E-state index contributed by atoms with van der Waals surface area (Å²) in [5.74, 6) is 0.282. The molecular formula is C14H21FN2OS. The van der Waals surface area contributed by atoms with E-state index in [0.717, 1.165) is 11.3 Å². The minimum absolute atomic E-state index is 0.0252. The van der Waals surface area contributed by atoms with Crippen LogP contribution < -0.4 is 10.0 Å². The normalized spacial score (nSPS) is 12.5. The first kappa shape index (κ1) is 16.0. The van der Waals surface area contributed by atoms with Crippen LogP contribution in [0.4, 0.5) is 4.39 Å². The molecule has 3 nitrogen and oxygen atoms in total. The minimum Gasteiger partial charge on any atom is -0.353 e. The second kappa shape index (κ2) is 8.17. The minimum atomic E-state index is -0.260. The summed E-state index contributed by atoms with van der Waals surface area (Å²) in [7, 11) is 0. The Hall–Kier alpha value is -1.07. The molecule has 0 fully saturated rings. The van der Waals surface area contributed by atoms with Gasteiger partial charge in [0.1, 0.15) is 5.82 Å². The molecule has 0 saturated heterocycles. The summed E-state index contributed by atoms with van der Waals surface area (Å²) >= 11 is 1.32. The van der Waals surface area contributed by atoms with Gasteiger partial charge in [0.05, 0.1) is 6.54 Å². The summed E-state index contributed by atoms with van der Waals surface area (Å²) in [5, 5.41) is 2.93. The third kappa shape index (κ3) is 7.18. The molecule has 1 unspecified atom stereocenters. The molecule has 1 atom stereocenters. The maximum absolute atomic E-state index is 12.7. The monoisotopic (exact) mass is 284 g/mol. The number of hydrogen-bond donors (Lipinski definition) is 2. The van der Waals surface area contributed by atoms with Crippen molar-refractivity contribution in [1.82, 2.24) is 10.0 Å². The largest absolute Gasteiger partial charge is 0.353 e. The fraction of sp³-hybridized carbons (Fsp3) is 0.500. The van der Waals surface area contributed by atoms with Gasteiger partial charge in [0.15, 0.2) is 0 Å². The Bertz CT molecular complexity index is 395. The Morgan fingerprint density at radius 3 is 2.47 bits per heavy atom. The molecule has 0 aliphatic heterocycles. The Labute approximate surface area is 118 Å².